The van der Waals surface area contributed by atoms with Crippen LogP contribution in [0.15, 0.2) is 12.4 Å². The minimum atomic E-state index is -0.785. The molecule has 1 fully saturated rings. The van der Waals surface area contributed by atoms with E-state index in [-0.39, 0.29) is 10.8 Å². The molecule has 0 radical (unpaired) electrons. The summed E-state index contributed by atoms with van der Waals surface area (Å²) in [5, 5.41) is 12.4. The lowest BCUT2D eigenvalue weighted by Gasteiger charge is -2.35. The Hall–Kier alpha value is -1.67. The van der Waals surface area contributed by atoms with E-state index in [1.807, 2.05) is 0 Å². The van der Waals surface area contributed by atoms with Crippen LogP contribution in [0.25, 0.3) is 0 Å². The molecule has 1 aliphatic rings. The van der Waals surface area contributed by atoms with Crippen molar-refractivity contribution >= 4 is 17.5 Å². The van der Waals surface area contributed by atoms with Gasteiger partial charge in [-0.3, -0.25) is 9.78 Å². The van der Waals surface area contributed by atoms with Gasteiger partial charge in [-0.15, -0.1) is 0 Å². The Morgan fingerprint density at radius 2 is 2.25 bits per heavy atom. The van der Waals surface area contributed by atoms with Crippen molar-refractivity contribution in [3.63, 3.8) is 0 Å². The van der Waals surface area contributed by atoms with Gasteiger partial charge in [0, 0.05) is 0 Å². The summed E-state index contributed by atoms with van der Waals surface area (Å²) in [6.45, 7) is 2.16. The molecule has 0 atom stereocenters. The fourth-order valence-corrected chi connectivity index (χ4v) is 2.72. The number of carbonyl (C=O) groups is 1. The molecule has 1 heterocycles. The zero-order valence-electron chi connectivity index (χ0n) is 11.4. The van der Waals surface area contributed by atoms with Crippen molar-refractivity contribution in [3.05, 3.63) is 23.2 Å². The molecule has 0 aromatic carbocycles. The van der Waals surface area contributed by atoms with Gasteiger partial charge in [-0.05, 0) is 31.6 Å². The predicted octanol–water partition coefficient (Wildman–Crippen LogP) is 2.72. The number of nitriles is 1. The van der Waals surface area contributed by atoms with Crippen molar-refractivity contribution in [2.45, 2.75) is 44.6 Å². The van der Waals surface area contributed by atoms with Crippen LogP contribution in [0.3, 0.4) is 0 Å². The first kappa shape index (κ1) is 14.7. The van der Waals surface area contributed by atoms with Gasteiger partial charge in [0.25, 0.3) is 5.91 Å². The fourth-order valence-electron chi connectivity index (χ4n) is 2.58. The second-order valence-electron chi connectivity index (χ2n) is 5.23. The molecule has 0 spiro atoms. The van der Waals surface area contributed by atoms with Crippen molar-refractivity contribution in [3.8, 4) is 6.07 Å². The molecule has 0 bridgehead atoms. The summed E-state index contributed by atoms with van der Waals surface area (Å²) >= 11 is 5.72. The van der Waals surface area contributed by atoms with Crippen LogP contribution in [-0.2, 0) is 0 Å². The van der Waals surface area contributed by atoms with Crippen LogP contribution in [0.5, 0.6) is 0 Å². The quantitative estimate of drug-likeness (QED) is 0.929. The standard InChI is InChI=1S/C14H17ClN4O/c1-2-10-3-5-14(9-16,6-4-10)19-13(20)11-7-17-8-12(15)18-11/h7-8,10H,2-6H2,1H3,(H,19,20). The largest absolute Gasteiger partial charge is 0.332 e. The Kier molecular flexibility index (Phi) is 4.56. The number of halogens is 1. The molecule has 106 valence electrons. The van der Waals surface area contributed by atoms with Crippen LogP contribution in [0.4, 0.5) is 0 Å². The Morgan fingerprint density at radius 3 is 2.80 bits per heavy atom. The van der Waals surface area contributed by atoms with Crippen molar-refractivity contribution in [2.24, 2.45) is 5.92 Å². The van der Waals surface area contributed by atoms with Gasteiger partial charge in [0.2, 0.25) is 0 Å². The Balaban J connectivity index is 2.07. The van der Waals surface area contributed by atoms with E-state index in [0.29, 0.717) is 18.8 Å². The maximum Gasteiger partial charge on any atom is 0.272 e. The zero-order valence-corrected chi connectivity index (χ0v) is 12.2. The lowest BCUT2D eigenvalue weighted by Crippen LogP contribution is -2.49. The third kappa shape index (κ3) is 3.26. The molecule has 6 heteroatoms. The highest BCUT2D eigenvalue weighted by Crippen LogP contribution is 2.33. The second-order valence-corrected chi connectivity index (χ2v) is 5.61. The smallest absolute Gasteiger partial charge is 0.272 e. The predicted molar refractivity (Wildman–Crippen MR) is 75.1 cm³/mol. The molecule has 2 rings (SSSR count). The van der Waals surface area contributed by atoms with Gasteiger partial charge in [-0.1, -0.05) is 24.9 Å². The van der Waals surface area contributed by atoms with E-state index in [1.54, 1.807) is 0 Å². The third-order valence-corrected chi connectivity index (χ3v) is 4.12. The molecule has 1 saturated carbocycles. The molecular weight excluding hydrogens is 276 g/mol. The van der Waals surface area contributed by atoms with Crippen LogP contribution in [0.2, 0.25) is 5.15 Å². The van der Waals surface area contributed by atoms with Gasteiger partial charge in [0.05, 0.1) is 18.5 Å². The van der Waals surface area contributed by atoms with Crippen LogP contribution >= 0.6 is 11.6 Å². The minimum absolute atomic E-state index is 0.143. The molecule has 0 aliphatic heterocycles. The van der Waals surface area contributed by atoms with Crippen LogP contribution in [-0.4, -0.2) is 21.4 Å². The molecule has 1 N–H and O–H groups in total. The first-order valence-corrected chi connectivity index (χ1v) is 7.17. The average Bonchev–Trinajstić information content (AvgIpc) is 2.48. The first-order valence-electron chi connectivity index (χ1n) is 6.80. The van der Waals surface area contributed by atoms with E-state index in [0.717, 1.165) is 19.3 Å². The number of hydrogen-bond donors (Lipinski definition) is 1. The number of nitrogens with zero attached hydrogens (tertiary/aromatic N) is 3. The number of hydrogen-bond acceptors (Lipinski definition) is 4. The summed E-state index contributed by atoms with van der Waals surface area (Å²) in [6.07, 6.45) is 7.13. The van der Waals surface area contributed by atoms with Gasteiger partial charge >= 0.3 is 0 Å². The average molecular weight is 293 g/mol. The van der Waals surface area contributed by atoms with Crippen LogP contribution < -0.4 is 5.32 Å². The lowest BCUT2D eigenvalue weighted by molar-refractivity contribution is 0.0885. The monoisotopic (exact) mass is 292 g/mol. The van der Waals surface area contributed by atoms with Crippen LogP contribution in [0.1, 0.15) is 49.5 Å². The molecular formula is C14H17ClN4O. The Bertz CT molecular complexity index is 532. The molecule has 20 heavy (non-hydrogen) atoms. The van der Waals surface area contributed by atoms with Crippen molar-refractivity contribution in [2.75, 3.05) is 0 Å². The number of carbonyl (C=O) groups excluding carboxylic acids is 1. The molecule has 1 aliphatic carbocycles. The summed E-state index contributed by atoms with van der Waals surface area (Å²) < 4.78 is 0. The molecule has 0 unspecified atom stereocenters. The maximum absolute atomic E-state index is 12.2. The van der Waals surface area contributed by atoms with Crippen molar-refractivity contribution < 1.29 is 4.79 Å². The molecule has 1 amide bonds. The van der Waals surface area contributed by atoms with Crippen molar-refractivity contribution in [1.82, 2.24) is 15.3 Å². The third-order valence-electron chi connectivity index (χ3n) is 3.94. The number of amides is 1. The highest BCUT2D eigenvalue weighted by molar-refractivity contribution is 6.29. The van der Waals surface area contributed by atoms with E-state index in [1.165, 1.54) is 12.4 Å². The topological polar surface area (TPSA) is 78.7 Å². The lowest BCUT2D eigenvalue weighted by atomic mass is 9.76. The zero-order chi connectivity index (χ0) is 14.6. The van der Waals surface area contributed by atoms with E-state index < -0.39 is 11.4 Å². The van der Waals surface area contributed by atoms with Crippen LogP contribution in [0, 0.1) is 17.2 Å². The van der Waals surface area contributed by atoms with E-state index in [2.05, 4.69) is 28.3 Å². The second kappa shape index (κ2) is 6.19. The van der Waals surface area contributed by atoms with Gasteiger partial charge in [0.1, 0.15) is 16.4 Å². The summed E-state index contributed by atoms with van der Waals surface area (Å²) in [5.41, 5.74) is -0.642. The first-order chi connectivity index (χ1) is 9.58. The molecule has 5 nitrogen and oxygen atoms in total. The van der Waals surface area contributed by atoms with Gasteiger partial charge in [0.15, 0.2) is 0 Å². The summed E-state index contributed by atoms with van der Waals surface area (Å²) in [4.78, 5) is 19.9. The molecule has 1 aromatic heterocycles. The van der Waals surface area contributed by atoms with Gasteiger partial charge < -0.3 is 5.32 Å². The van der Waals surface area contributed by atoms with E-state index >= 15 is 0 Å². The Labute approximate surface area is 123 Å². The summed E-state index contributed by atoms with van der Waals surface area (Å²) in [7, 11) is 0. The number of rotatable bonds is 3. The summed E-state index contributed by atoms with van der Waals surface area (Å²) in [5.74, 6) is 0.260. The maximum atomic E-state index is 12.2. The number of aromatic nitrogens is 2. The fraction of sp³-hybridized carbons (Fsp3) is 0.571. The van der Waals surface area contributed by atoms with Gasteiger partial charge in [-0.2, -0.15) is 5.26 Å². The molecule has 1 aromatic rings. The van der Waals surface area contributed by atoms with E-state index in [4.69, 9.17) is 11.6 Å². The van der Waals surface area contributed by atoms with Gasteiger partial charge in [-0.25, -0.2) is 4.98 Å². The molecule has 0 saturated heterocycles. The highest BCUT2D eigenvalue weighted by Gasteiger charge is 2.36. The minimum Gasteiger partial charge on any atom is -0.332 e. The normalized spacial score (nSPS) is 25.8. The Morgan fingerprint density at radius 1 is 1.55 bits per heavy atom. The number of nitrogens with one attached hydrogen (secondary N) is 1. The van der Waals surface area contributed by atoms with Crippen molar-refractivity contribution in [1.29, 1.82) is 5.26 Å². The van der Waals surface area contributed by atoms with E-state index in [9.17, 15) is 10.1 Å². The SMILES string of the molecule is CCC1CCC(C#N)(NC(=O)c2cncc(Cl)n2)CC1. The highest BCUT2D eigenvalue weighted by atomic mass is 35.5. The summed E-state index contributed by atoms with van der Waals surface area (Å²) in [6, 6.07) is 2.26.